The number of esters is 1. The molecule has 0 aliphatic rings. The van der Waals surface area contributed by atoms with E-state index >= 15 is 0 Å². The largest absolute Gasteiger partial charge is 0.493 e. The van der Waals surface area contributed by atoms with Crippen LogP contribution in [0.1, 0.15) is 72.9 Å². The molecule has 0 saturated carbocycles. The predicted molar refractivity (Wildman–Crippen MR) is 181 cm³/mol. The quantitative estimate of drug-likeness (QED) is 0.0575. The summed E-state index contributed by atoms with van der Waals surface area (Å²) in [5.74, 6) is 0.0700. The Hall–Kier alpha value is -5.04. The summed E-state index contributed by atoms with van der Waals surface area (Å²) in [6.45, 7) is 4.75. The topological polar surface area (TPSA) is 171 Å². The molecule has 3 aromatic carbocycles. The van der Waals surface area contributed by atoms with Crippen LogP contribution < -0.4 is 10.1 Å². The van der Waals surface area contributed by atoms with Crippen LogP contribution in [0.25, 0.3) is 11.3 Å². The van der Waals surface area contributed by atoms with Crippen molar-refractivity contribution in [3.05, 3.63) is 106 Å². The number of amides is 1. The molecule has 48 heavy (non-hydrogen) atoms. The summed E-state index contributed by atoms with van der Waals surface area (Å²) in [5, 5.41) is 14.1. The molecule has 0 saturated heterocycles. The minimum absolute atomic E-state index is 0.0170. The van der Waals surface area contributed by atoms with Crippen molar-refractivity contribution in [2.24, 2.45) is 0 Å². The predicted octanol–water partition coefficient (Wildman–Crippen LogP) is 6.17. The average molecular weight is 677 g/mol. The van der Waals surface area contributed by atoms with Crippen LogP contribution in [0, 0.1) is 10.1 Å². The fourth-order valence-electron chi connectivity index (χ4n) is 4.87. The highest BCUT2D eigenvalue weighted by Crippen LogP contribution is 2.28. The summed E-state index contributed by atoms with van der Waals surface area (Å²) in [5.41, 5.74) is 2.80. The number of carbonyl (C=O) groups is 2. The van der Waals surface area contributed by atoms with Crippen molar-refractivity contribution in [1.82, 2.24) is 15.3 Å². The smallest absolute Gasteiger partial charge is 0.341 e. The van der Waals surface area contributed by atoms with Crippen LogP contribution >= 0.6 is 0 Å². The van der Waals surface area contributed by atoms with Gasteiger partial charge in [0.1, 0.15) is 17.1 Å². The van der Waals surface area contributed by atoms with Gasteiger partial charge < -0.3 is 19.8 Å². The fraction of sp³-hybridized carbons (Fsp3) is 0.343. The normalized spacial score (nSPS) is 11.9. The molecule has 0 radical (unpaired) electrons. The molecule has 1 heterocycles. The minimum Gasteiger partial charge on any atom is -0.493 e. The molecule has 2 N–H and O–H groups in total. The van der Waals surface area contributed by atoms with Crippen molar-refractivity contribution < 1.29 is 32.4 Å². The van der Waals surface area contributed by atoms with Gasteiger partial charge in [-0.3, -0.25) is 14.9 Å². The van der Waals surface area contributed by atoms with Gasteiger partial charge in [0.25, 0.3) is 5.69 Å². The van der Waals surface area contributed by atoms with Crippen LogP contribution in [-0.2, 0) is 32.2 Å². The molecule has 4 rings (SSSR count). The number of unbranched alkanes of at least 4 members (excludes halogenated alkanes) is 2. The molecule has 254 valence electrons. The van der Waals surface area contributed by atoms with E-state index in [1.807, 2.05) is 13.8 Å². The number of nitrogens with zero attached hydrogens (tertiary/aromatic N) is 2. The van der Waals surface area contributed by atoms with Crippen LogP contribution in [-0.4, -0.2) is 54.7 Å². The first-order valence-corrected chi connectivity index (χ1v) is 17.7. The van der Waals surface area contributed by atoms with E-state index in [0.29, 0.717) is 40.6 Å². The number of nitro groups is 1. The lowest BCUT2D eigenvalue weighted by molar-refractivity contribution is -0.384. The fourth-order valence-corrected chi connectivity index (χ4v) is 5.50. The number of sulfone groups is 1. The van der Waals surface area contributed by atoms with Crippen molar-refractivity contribution >= 4 is 27.4 Å². The average Bonchev–Trinajstić information content (AvgIpc) is 3.53. The van der Waals surface area contributed by atoms with Gasteiger partial charge in [-0.15, -0.1) is 0 Å². The number of aromatic nitrogens is 2. The molecule has 1 unspecified atom stereocenters. The van der Waals surface area contributed by atoms with E-state index in [-0.39, 0.29) is 41.5 Å². The van der Waals surface area contributed by atoms with E-state index in [9.17, 15) is 28.1 Å². The number of aromatic amines is 1. The highest BCUT2D eigenvalue weighted by atomic mass is 32.2. The van der Waals surface area contributed by atoms with E-state index in [0.717, 1.165) is 31.9 Å². The van der Waals surface area contributed by atoms with E-state index in [2.05, 4.69) is 15.3 Å². The third-order valence-electron chi connectivity index (χ3n) is 7.58. The second-order valence-corrected chi connectivity index (χ2v) is 13.4. The van der Waals surface area contributed by atoms with Gasteiger partial charge in [-0.1, -0.05) is 44.9 Å². The number of H-pyrrole nitrogens is 1. The Bertz CT molecular complexity index is 1820. The Morgan fingerprint density at radius 1 is 0.979 bits per heavy atom. The molecule has 12 nitrogen and oxygen atoms in total. The molecule has 0 spiro atoms. The first-order chi connectivity index (χ1) is 23.0. The number of nitrogens with one attached hydrogen (secondary N) is 2. The third kappa shape index (κ3) is 9.98. The minimum atomic E-state index is -3.38. The number of hydrogen-bond donors (Lipinski definition) is 2. The Kier molecular flexibility index (Phi) is 12.4. The van der Waals surface area contributed by atoms with Crippen LogP contribution in [0.2, 0.25) is 0 Å². The summed E-state index contributed by atoms with van der Waals surface area (Å²) in [4.78, 5) is 45.1. The van der Waals surface area contributed by atoms with Crippen molar-refractivity contribution in [3.63, 3.8) is 0 Å². The molecule has 0 aliphatic heterocycles. The molecule has 0 bridgehead atoms. The SMILES string of the molecule is CCCCOC(=O)c1cc(C(Cc2ncc(-c3ccc([N+](=O)[O-])cc3)[nH]2)NC(=O)Cc2ccc(S(C)(=O)=O)cc2)ccc1OCCCC. The number of imidazole rings is 1. The maximum Gasteiger partial charge on any atom is 0.341 e. The number of hydrogen-bond acceptors (Lipinski definition) is 9. The van der Waals surface area contributed by atoms with Crippen LogP contribution in [0.5, 0.6) is 5.75 Å². The summed E-state index contributed by atoms with van der Waals surface area (Å²) in [7, 11) is -3.38. The number of rotatable bonds is 17. The zero-order valence-corrected chi connectivity index (χ0v) is 28.0. The van der Waals surface area contributed by atoms with Crippen LogP contribution in [0.3, 0.4) is 0 Å². The van der Waals surface area contributed by atoms with E-state index in [1.165, 1.54) is 24.3 Å². The maximum absolute atomic E-state index is 13.4. The zero-order valence-electron chi connectivity index (χ0n) is 27.2. The second kappa shape index (κ2) is 16.7. The lowest BCUT2D eigenvalue weighted by atomic mass is 9.99. The van der Waals surface area contributed by atoms with E-state index < -0.39 is 26.8 Å². The Labute approximate surface area is 280 Å². The summed E-state index contributed by atoms with van der Waals surface area (Å²) in [6.07, 6.45) is 6.24. The molecular weight excluding hydrogens is 636 g/mol. The molecule has 0 fully saturated rings. The van der Waals surface area contributed by atoms with Crippen LogP contribution in [0.4, 0.5) is 5.69 Å². The Morgan fingerprint density at radius 3 is 2.31 bits per heavy atom. The van der Waals surface area contributed by atoms with Gasteiger partial charge >= 0.3 is 5.97 Å². The number of carbonyl (C=O) groups excluding carboxylic acids is 2. The first-order valence-electron chi connectivity index (χ1n) is 15.8. The lowest BCUT2D eigenvalue weighted by Crippen LogP contribution is -2.31. The molecule has 13 heteroatoms. The highest BCUT2D eigenvalue weighted by molar-refractivity contribution is 7.90. The summed E-state index contributed by atoms with van der Waals surface area (Å²) in [6, 6.07) is 16.7. The van der Waals surface area contributed by atoms with Crippen molar-refractivity contribution in [2.45, 2.75) is 63.3 Å². The summed E-state index contributed by atoms with van der Waals surface area (Å²) < 4.78 is 35.2. The van der Waals surface area contributed by atoms with Gasteiger partial charge in [0.2, 0.25) is 5.91 Å². The third-order valence-corrected chi connectivity index (χ3v) is 8.71. The van der Waals surface area contributed by atoms with Gasteiger partial charge in [-0.05, 0) is 60.4 Å². The van der Waals surface area contributed by atoms with Gasteiger partial charge in [-0.2, -0.15) is 0 Å². The number of nitro benzene ring substituents is 1. The van der Waals surface area contributed by atoms with E-state index in [1.54, 1.807) is 48.7 Å². The molecule has 1 amide bonds. The number of non-ortho nitro benzene ring substituents is 1. The maximum atomic E-state index is 13.4. The highest BCUT2D eigenvalue weighted by Gasteiger charge is 2.23. The zero-order chi connectivity index (χ0) is 34.7. The molecule has 1 aromatic heterocycles. The van der Waals surface area contributed by atoms with Crippen molar-refractivity contribution in [2.75, 3.05) is 19.5 Å². The Balaban J connectivity index is 1.64. The standard InChI is InChI=1S/C35H40N4O8S/c1-4-6-18-46-32-17-12-26(21-29(32)35(41)47-19-7-5-2)30(38-34(40)20-24-8-15-28(16-9-24)48(3,44)45)22-33-36-23-31(37-33)25-10-13-27(14-11-25)39(42)43/h8-17,21,23,30H,4-7,18-20,22H2,1-3H3,(H,36,37)(H,38,40). The van der Waals surface area contributed by atoms with Gasteiger partial charge in [0.05, 0.1) is 47.4 Å². The Morgan fingerprint density at radius 2 is 1.67 bits per heavy atom. The monoisotopic (exact) mass is 676 g/mol. The first kappa shape index (κ1) is 35.8. The van der Waals surface area contributed by atoms with Gasteiger partial charge in [0.15, 0.2) is 9.84 Å². The number of benzene rings is 3. The van der Waals surface area contributed by atoms with Gasteiger partial charge in [-0.25, -0.2) is 18.2 Å². The molecule has 4 aromatic rings. The molecular formula is C35H40N4O8S. The van der Waals surface area contributed by atoms with E-state index in [4.69, 9.17) is 9.47 Å². The number of ether oxygens (including phenoxy) is 2. The van der Waals surface area contributed by atoms with Crippen LogP contribution in [0.15, 0.2) is 77.8 Å². The van der Waals surface area contributed by atoms with Gasteiger partial charge in [0, 0.05) is 30.4 Å². The lowest BCUT2D eigenvalue weighted by Gasteiger charge is -2.21. The molecule has 1 atom stereocenters. The second-order valence-electron chi connectivity index (χ2n) is 11.4. The van der Waals surface area contributed by atoms with Crippen molar-refractivity contribution in [1.29, 1.82) is 0 Å². The molecule has 0 aliphatic carbocycles. The van der Waals surface area contributed by atoms with Crippen molar-refractivity contribution in [3.8, 4) is 17.0 Å². The summed E-state index contributed by atoms with van der Waals surface area (Å²) >= 11 is 0.